The molecular weight excluding hydrogens is 254 g/mol. The summed E-state index contributed by atoms with van der Waals surface area (Å²) in [5.41, 5.74) is -3.58. The van der Waals surface area contributed by atoms with Crippen molar-refractivity contribution in [1.82, 2.24) is 5.32 Å². The van der Waals surface area contributed by atoms with Crippen LogP contribution in [-0.2, 0) is 15.0 Å². The van der Waals surface area contributed by atoms with Gasteiger partial charge in [0.05, 0.1) is 17.6 Å². The van der Waals surface area contributed by atoms with Crippen LogP contribution in [0.15, 0.2) is 30.3 Å². The number of rotatable bonds is 2. The van der Waals surface area contributed by atoms with Crippen LogP contribution in [0.1, 0.15) is 18.9 Å². The van der Waals surface area contributed by atoms with Crippen molar-refractivity contribution in [3.05, 3.63) is 35.9 Å². The molecule has 0 bridgehead atoms. The molecule has 3 rings (SSSR count). The Kier molecular flexibility index (Phi) is 2.14. The first kappa shape index (κ1) is 12.4. The molecule has 1 N–H and O–H groups in total. The zero-order chi connectivity index (χ0) is 14.6. The van der Waals surface area contributed by atoms with E-state index in [2.05, 4.69) is 5.32 Å². The molecule has 2 amide bonds. The van der Waals surface area contributed by atoms with E-state index in [1.165, 1.54) is 0 Å². The third kappa shape index (κ3) is 0.838. The van der Waals surface area contributed by atoms with Gasteiger partial charge in [-0.2, -0.15) is 10.5 Å². The molecule has 98 valence electrons. The summed E-state index contributed by atoms with van der Waals surface area (Å²) in [7, 11) is 0. The molecule has 1 heterocycles. The number of nitrogens with one attached hydrogen (secondary N) is 1. The van der Waals surface area contributed by atoms with Gasteiger partial charge in [0.1, 0.15) is 0 Å². The summed E-state index contributed by atoms with van der Waals surface area (Å²) in [6.45, 7) is 1.80. The molecule has 20 heavy (non-hydrogen) atoms. The van der Waals surface area contributed by atoms with E-state index in [0.717, 1.165) is 0 Å². The van der Waals surface area contributed by atoms with Crippen LogP contribution in [0.2, 0.25) is 0 Å². The van der Waals surface area contributed by atoms with E-state index in [0.29, 0.717) is 12.0 Å². The number of hydrogen-bond acceptors (Lipinski definition) is 4. The van der Waals surface area contributed by atoms with E-state index < -0.39 is 28.1 Å². The van der Waals surface area contributed by atoms with Crippen LogP contribution in [0.25, 0.3) is 0 Å². The predicted octanol–water partition coefficient (Wildman–Crippen LogP) is 1.02. The van der Waals surface area contributed by atoms with E-state index >= 15 is 0 Å². The molecule has 1 aliphatic carbocycles. The number of imide groups is 1. The lowest BCUT2D eigenvalue weighted by Gasteiger charge is -2.21. The predicted molar refractivity (Wildman–Crippen MR) is 67.7 cm³/mol. The molecule has 1 saturated carbocycles. The second-order valence-electron chi connectivity index (χ2n) is 5.13. The molecule has 0 radical (unpaired) electrons. The first-order chi connectivity index (χ1) is 9.59. The van der Waals surface area contributed by atoms with Crippen molar-refractivity contribution in [2.45, 2.75) is 18.8 Å². The quantitative estimate of drug-likeness (QED) is 0.808. The van der Waals surface area contributed by atoms with E-state index in [9.17, 15) is 20.1 Å². The Morgan fingerprint density at radius 1 is 1.05 bits per heavy atom. The molecule has 3 atom stereocenters. The average Bonchev–Trinajstić information content (AvgIpc) is 2.98. The number of carbonyl (C=O) groups is 2. The fourth-order valence-electron chi connectivity index (χ4n) is 4.00. The zero-order valence-electron chi connectivity index (χ0n) is 10.8. The molecule has 5 nitrogen and oxygen atoms in total. The lowest BCUT2D eigenvalue weighted by molar-refractivity contribution is -0.129. The van der Waals surface area contributed by atoms with Gasteiger partial charge in [-0.1, -0.05) is 37.3 Å². The summed E-state index contributed by atoms with van der Waals surface area (Å²) in [5.74, 6) is -1.31. The van der Waals surface area contributed by atoms with E-state index in [4.69, 9.17) is 0 Å². The van der Waals surface area contributed by atoms with Gasteiger partial charge in [-0.3, -0.25) is 14.9 Å². The molecule has 1 unspecified atom stereocenters. The van der Waals surface area contributed by atoms with Gasteiger partial charge in [0.2, 0.25) is 11.8 Å². The number of nitrogens with zero attached hydrogens (tertiary/aromatic N) is 2. The summed E-state index contributed by atoms with van der Waals surface area (Å²) >= 11 is 0. The minimum Gasteiger partial charge on any atom is -0.293 e. The highest BCUT2D eigenvalue weighted by atomic mass is 16.2. The van der Waals surface area contributed by atoms with Crippen LogP contribution >= 0.6 is 0 Å². The molecule has 0 aromatic heterocycles. The highest BCUT2D eigenvalue weighted by Crippen LogP contribution is 2.81. The van der Waals surface area contributed by atoms with Gasteiger partial charge in [-0.05, 0) is 12.0 Å². The Morgan fingerprint density at radius 2 is 1.55 bits per heavy atom. The van der Waals surface area contributed by atoms with Gasteiger partial charge in [0.25, 0.3) is 0 Å². The second-order valence-corrected chi connectivity index (χ2v) is 5.13. The van der Waals surface area contributed by atoms with Gasteiger partial charge < -0.3 is 0 Å². The largest absolute Gasteiger partial charge is 0.293 e. The van der Waals surface area contributed by atoms with Gasteiger partial charge in [-0.25, -0.2) is 0 Å². The standard InChI is InChI=1S/C15H11N3O2/c1-2-13(10-6-4-3-5-7-10)14(8-16)11(19)18-12(20)15(13,14)9-17/h3-7H,2H2,1H3,(H,18,19,20)/t13?,14-,15+. The molecule has 2 fully saturated rings. The maximum atomic E-state index is 12.2. The normalized spacial score (nSPS) is 37.5. The number of carbonyl (C=O) groups excluding carboxylic acids is 2. The Balaban J connectivity index is 2.36. The van der Waals surface area contributed by atoms with E-state index in [1.807, 2.05) is 18.2 Å². The van der Waals surface area contributed by atoms with E-state index in [-0.39, 0.29) is 0 Å². The van der Waals surface area contributed by atoms with Crippen LogP contribution in [0.5, 0.6) is 0 Å². The summed E-state index contributed by atoms with van der Waals surface area (Å²) in [6, 6.07) is 12.8. The fraction of sp³-hybridized carbons (Fsp3) is 0.333. The lowest BCUT2D eigenvalue weighted by atomic mass is 9.81. The number of piperidine rings is 1. The maximum absolute atomic E-state index is 12.2. The average molecular weight is 265 g/mol. The van der Waals surface area contributed by atoms with Crippen molar-refractivity contribution in [3.8, 4) is 12.1 Å². The Hall–Kier alpha value is -2.66. The van der Waals surface area contributed by atoms with Gasteiger partial charge in [0.15, 0.2) is 10.8 Å². The lowest BCUT2D eigenvalue weighted by Crippen LogP contribution is -2.39. The first-order valence-corrected chi connectivity index (χ1v) is 6.33. The number of hydrogen-bond donors (Lipinski definition) is 1. The van der Waals surface area contributed by atoms with Gasteiger partial charge in [0, 0.05) is 0 Å². The third-order valence-electron chi connectivity index (χ3n) is 4.82. The minimum absolute atomic E-state index is 0.372. The van der Waals surface area contributed by atoms with Crippen molar-refractivity contribution in [2.24, 2.45) is 10.8 Å². The summed E-state index contributed by atoms with van der Waals surface area (Å²) in [4.78, 5) is 24.4. The summed E-state index contributed by atoms with van der Waals surface area (Å²) < 4.78 is 0. The van der Waals surface area contributed by atoms with Crippen molar-refractivity contribution in [3.63, 3.8) is 0 Å². The van der Waals surface area contributed by atoms with Gasteiger partial charge in [-0.15, -0.1) is 0 Å². The van der Waals surface area contributed by atoms with Crippen LogP contribution in [-0.4, -0.2) is 11.8 Å². The molecule has 1 aromatic carbocycles. The monoisotopic (exact) mass is 265 g/mol. The maximum Gasteiger partial charge on any atom is 0.250 e. The topological polar surface area (TPSA) is 93.8 Å². The smallest absolute Gasteiger partial charge is 0.250 e. The van der Waals surface area contributed by atoms with Crippen LogP contribution in [0.3, 0.4) is 0 Å². The van der Waals surface area contributed by atoms with Crippen molar-refractivity contribution < 1.29 is 9.59 Å². The molecule has 1 aliphatic heterocycles. The van der Waals surface area contributed by atoms with Gasteiger partial charge >= 0.3 is 0 Å². The van der Waals surface area contributed by atoms with E-state index in [1.54, 1.807) is 31.2 Å². The zero-order valence-corrected chi connectivity index (χ0v) is 10.8. The van der Waals surface area contributed by atoms with Crippen LogP contribution in [0.4, 0.5) is 0 Å². The van der Waals surface area contributed by atoms with Crippen molar-refractivity contribution in [1.29, 1.82) is 10.5 Å². The molecule has 1 saturated heterocycles. The van der Waals surface area contributed by atoms with Crippen molar-refractivity contribution in [2.75, 3.05) is 0 Å². The highest BCUT2D eigenvalue weighted by Gasteiger charge is 2.98. The molecule has 5 heteroatoms. The number of benzene rings is 1. The number of fused-ring (bicyclic) bond motifs is 1. The Morgan fingerprint density at radius 3 is 1.95 bits per heavy atom. The first-order valence-electron chi connectivity index (χ1n) is 6.33. The Labute approximate surface area is 115 Å². The number of nitriles is 2. The van der Waals surface area contributed by atoms with Crippen LogP contribution < -0.4 is 5.32 Å². The molecule has 1 aromatic rings. The summed E-state index contributed by atoms with van der Waals surface area (Å²) in [5, 5.41) is 21.3. The summed E-state index contributed by atoms with van der Waals surface area (Å²) in [6.07, 6.45) is 0.372. The SMILES string of the molecule is CCC1(c2ccccc2)[C@]2(C#N)C(=O)NC(=O)[C@]12C#N. The highest BCUT2D eigenvalue weighted by molar-refractivity contribution is 6.21. The minimum atomic E-state index is -1.61. The molecule has 0 spiro atoms. The van der Waals surface area contributed by atoms with Crippen molar-refractivity contribution >= 4 is 11.8 Å². The number of amides is 2. The van der Waals surface area contributed by atoms with Crippen LogP contribution in [0, 0.1) is 33.5 Å². The fourth-order valence-corrected chi connectivity index (χ4v) is 4.00. The third-order valence-corrected chi connectivity index (χ3v) is 4.82. The second kappa shape index (κ2) is 3.46. The Bertz CT molecular complexity index is 675. The molecule has 2 aliphatic rings. The molecular formula is C15H11N3O2.